The number of aromatic nitrogens is 1. The van der Waals surface area contributed by atoms with Gasteiger partial charge in [-0.05, 0) is 31.2 Å². The number of benzene rings is 1. The first-order chi connectivity index (χ1) is 14.4. The van der Waals surface area contributed by atoms with E-state index in [9.17, 15) is 14.4 Å². The van der Waals surface area contributed by atoms with Crippen molar-refractivity contribution in [1.29, 1.82) is 0 Å². The third-order valence-electron chi connectivity index (χ3n) is 3.62. The molecule has 12 nitrogen and oxygen atoms in total. The van der Waals surface area contributed by atoms with Crippen molar-refractivity contribution >= 4 is 34.9 Å². The van der Waals surface area contributed by atoms with Crippen molar-refractivity contribution in [3.05, 3.63) is 58.5 Å². The van der Waals surface area contributed by atoms with Crippen LogP contribution in [0.15, 0.2) is 60.3 Å². The maximum absolute atomic E-state index is 12.2. The van der Waals surface area contributed by atoms with Crippen LogP contribution in [0.2, 0.25) is 0 Å². The van der Waals surface area contributed by atoms with Gasteiger partial charge in [0, 0.05) is 0 Å². The quantitative estimate of drug-likeness (QED) is 0.309. The van der Waals surface area contributed by atoms with Crippen molar-refractivity contribution in [3.63, 3.8) is 0 Å². The second-order valence-electron chi connectivity index (χ2n) is 5.75. The molecule has 30 heavy (non-hydrogen) atoms. The molecule has 0 atom stereocenters. The molecular weight excluding hydrogens is 396 g/mol. The average molecular weight is 412 g/mol. The number of azo groups is 1. The normalized spacial score (nSPS) is 10.9. The third-order valence-corrected chi connectivity index (χ3v) is 3.62. The first-order valence-corrected chi connectivity index (χ1v) is 8.47. The number of carbonyl (C=O) groups excluding carboxylic acids is 2. The number of rotatable bonds is 6. The third kappa shape index (κ3) is 4.74. The van der Waals surface area contributed by atoms with Crippen LogP contribution >= 0.6 is 0 Å². The molecule has 1 amide bonds. The van der Waals surface area contributed by atoms with Gasteiger partial charge in [0.2, 0.25) is 5.91 Å². The van der Waals surface area contributed by atoms with Gasteiger partial charge in [0.25, 0.3) is 5.76 Å². The van der Waals surface area contributed by atoms with Crippen molar-refractivity contribution in [2.75, 3.05) is 17.6 Å². The van der Waals surface area contributed by atoms with Crippen LogP contribution in [-0.4, -0.2) is 23.4 Å². The molecule has 12 heteroatoms. The number of amides is 1. The van der Waals surface area contributed by atoms with E-state index in [-0.39, 0.29) is 46.8 Å². The highest BCUT2D eigenvalue weighted by Crippen LogP contribution is 2.31. The number of ether oxygens (including phenoxy) is 1. The molecule has 0 aliphatic carbocycles. The smallest absolute Gasteiger partial charge is 0.418 e. The van der Waals surface area contributed by atoms with Gasteiger partial charge in [-0.15, -0.1) is 10.2 Å². The van der Waals surface area contributed by atoms with Gasteiger partial charge in [-0.2, -0.15) is 0 Å². The Kier molecular flexibility index (Phi) is 5.98. The predicted molar refractivity (Wildman–Crippen MR) is 104 cm³/mol. The summed E-state index contributed by atoms with van der Waals surface area (Å²) in [4.78, 5) is 38.6. The number of anilines is 2. The van der Waals surface area contributed by atoms with Crippen LogP contribution in [0.3, 0.4) is 0 Å². The van der Waals surface area contributed by atoms with Gasteiger partial charge in [-0.25, -0.2) is 14.6 Å². The number of hydrogen-bond acceptors (Lipinski definition) is 11. The molecule has 3 aromatic rings. The molecule has 0 spiro atoms. The van der Waals surface area contributed by atoms with Crippen molar-refractivity contribution < 1.29 is 23.2 Å². The van der Waals surface area contributed by atoms with Gasteiger partial charge in [0.15, 0.2) is 17.3 Å². The zero-order valence-electron chi connectivity index (χ0n) is 15.6. The van der Waals surface area contributed by atoms with Crippen molar-refractivity contribution in [2.24, 2.45) is 16.0 Å². The summed E-state index contributed by atoms with van der Waals surface area (Å²) in [6.07, 6.45) is 0. The molecule has 0 saturated carbocycles. The van der Waals surface area contributed by atoms with Crippen LogP contribution in [0.4, 0.5) is 23.0 Å². The maximum atomic E-state index is 12.2. The number of esters is 1. The summed E-state index contributed by atoms with van der Waals surface area (Å²) in [6.45, 7) is 1.20. The lowest BCUT2D eigenvalue weighted by Crippen LogP contribution is -2.22. The summed E-state index contributed by atoms with van der Waals surface area (Å²) < 4.78 is 14.5. The van der Waals surface area contributed by atoms with Crippen molar-refractivity contribution in [3.8, 4) is 5.75 Å². The van der Waals surface area contributed by atoms with Gasteiger partial charge in [0.1, 0.15) is 17.2 Å². The zero-order chi connectivity index (χ0) is 21.7. The summed E-state index contributed by atoms with van der Waals surface area (Å²) >= 11 is 0. The summed E-state index contributed by atoms with van der Waals surface area (Å²) in [7, 11) is 0. The van der Waals surface area contributed by atoms with E-state index in [2.05, 4.69) is 29.4 Å². The molecule has 0 unspecified atom stereocenters. The highest BCUT2D eigenvalue weighted by molar-refractivity contribution is 5.91. The topological polar surface area (TPSA) is 188 Å². The van der Waals surface area contributed by atoms with E-state index in [1.165, 1.54) is 25.1 Å². The van der Waals surface area contributed by atoms with Gasteiger partial charge >= 0.3 is 11.8 Å². The SMILES string of the molecule is Cc1oc(=O)oc1C(=O)Oc1ccccc1/N=N/c1ccc(NC(=O)CN)nc1N. The number of aryl methyl sites for hydroxylation is 1. The first kappa shape index (κ1) is 20.4. The molecule has 5 N–H and O–H groups in total. The highest BCUT2D eigenvalue weighted by Gasteiger charge is 2.21. The van der Waals surface area contributed by atoms with Crippen molar-refractivity contribution in [1.82, 2.24) is 4.98 Å². The molecule has 2 heterocycles. The van der Waals surface area contributed by atoms with Gasteiger partial charge in [-0.3, -0.25) is 4.79 Å². The van der Waals surface area contributed by atoms with E-state index in [4.69, 9.17) is 16.2 Å². The van der Waals surface area contributed by atoms with E-state index in [0.29, 0.717) is 0 Å². The molecule has 1 aromatic carbocycles. The second kappa shape index (κ2) is 8.79. The molecule has 154 valence electrons. The van der Waals surface area contributed by atoms with Crippen LogP contribution in [0.25, 0.3) is 0 Å². The minimum Gasteiger partial charge on any atom is -0.418 e. The molecule has 0 aliphatic heterocycles. The molecule has 2 aromatic heterocycles. The number of nitrogens with zero attached hydrogens (tertiary/aromatic N) is 3. The lowest BCUT2D eigenvalue weighted by molar-refractivity contribution is -0.114. The number of carbonyl (C=O) groups is 2. The molecule has 0 saturated heterocycles. The van der Waals surface area contributed by atoms with Crippen LogP contribution in [-0.2, 0) is 4.79 Å². The Labute approximate surface area is 168 Å². The van der Waals surface area contributed by atoms with E-state index in [1.54, 1.807) is 18.2 Å². The Hall–Kier alpha value is -4.32. The Morgan fingerprint density at radius 2 is 1.87 bits per heavy atom. The minimum absolute atomic E-state index is 0.00947. The van der Waals surface area contributed by atoms with Gasteiger partial charge in [-0.1, -0.05) is 12.1 Å². The van der Waals surface area contributed by atoms with Gasteiger partial charge in [0.05, 0.1) is 6.54 Å². The van der Waals surface area contributed by atoms with Crippen molar-refractivity contribution in [2.45, 2.75) is 6.92 Å². The van der Waals surface area contributed by atoms with Crippen LogP contribution in [0, 0.1) is 6.92 Å². The molecule has 0 radical (unpaired) electrons. The Morgan fingerprint density at radius 1 is 1.13 bits per heavy atom. The number of para-hydroxylation sites is 1. The van der Waals surface area contributed by atoms with E-state index < -0.39 is 17.7 Å². The first-order valence-electron chi connectivity index (χ1n) is 8.47. The number of nitrogens with one attached hydrogen (secondary N) is 1. The summed E-state index contributed by atoms with van der Waals surface area (Å²) in [5, 5.41) is 10.5. The number of hydrogen-bond donors (Lipinski definition) is 3. The summed E-state index contributed by atoms with van der Waals surface area (Å²) in [5.74, 6) is -2.43. The highest BCUT2D eigenvalue weighted by atomic mass is 16.6. The van der Waals surface area contributed by atoms with Crippen LogP contribution in [0.1, 0.15) is 16.3 Å². The summed E-state index contributed by atoms with van der Waals surface area (Å²) in [6, 6.07) is 9.27. The Bertz CT molecular complexity index is 1180. The number of pyridine rings is 1. The standard InChI is InChI=1S/C18H16N6O6/c1-9-15(30-18(27)28-9)17(26)29-12-5-3-2-4-10(12)23-24-11-6-7-13(22-16(11)20)21-14(25)8-19/h2-7H,8,19H2,1H3,(H3,20,21,22,25)/b24-23+. The lowest BCUT2D eigenvalue weighted by Gasteiger charge is -2.06. The van der Waals surface area contributed by atoms with Crippen LogP contribution < -0.4 is 27.3 Å². The second-order valence-corrected chi connectivity index (χ2v) is 5.75. The number of nitrogen functional groups attached to an aromatic ring is 1. The van der Waals surface area contributed by atoms with E-state index in [1.807, 2.05) is 0 Å². The predicted octanol–water partition coefficient (Wildman–Crippen LogP) is 2.05. The maximum Gasteiger partial charge on any atom is 0.519 e. The Balaban J connectivity index is 1.80. The molecule has 0 fully saturated rings. The fraction of sp³-hybridized carbons (Fsp3) is 0.111. The fourth-order valence-electron chi connectivity index (χ4n) is 2.23. The minimum atomic E-state index is -1.01. The van der Waals surface area contributed by atoms with Gasteiger partial charge < -0.3 is 30.4 Å². The lowest BCUT2D eigenvalue weighted by atomic mass is 10.3. The molecule has 3 rings (SSSR count). The molecule has 0 bridgehead atoms. The Morgan fingerprint density at radius 3 is 2.53 bits per heavy atom. The van der Waals surface area contributed by atoms with Crippen LogP contribution in [0.5, 0.6) is 5.75 Å². The zero-order valence-corrected chi connectivity index (χ0v) is 15.6. The summed E-state index contributed by atoms with van der Waals surface area (Å²) in [5.41, 5.74) is 11.5. The van der Waals surface area contributed by atoms with E-state index in [0.717, 1.165) is 0 Å². The average Bonchev–Trinajstić information content (AvgIpc) is 3.06. The van der Waals surface area contributed by atoms with E-state index >= 15 is 0 Å². The molecule has 0 aliphatic rings. The largest absolute Gasteiger partial charge is 0.519 e. The monoisotopic (exact) mass is 412 g/mol. The fourth-order valence-corrected chi connectivity index (χ4v) is 2.23. The number of nitrogens with two attached hydrogens (primary N) is 2. The molecular formula is C18H16N6O6.